The van der Waals surface area contributed by atoms with Gasteiger partial charge in [-0.25, -0.2) is 0 Å². The van der Waals surface area contributed by atoms with Crippen molar-refractivity contribution in [3.8, 4) is 0 Å². The van der Waals surface area contributed by atoms with Gasteiger partial charge in [-0.2, -0.15) is 0 Å². The van der Waals surface area contributed by atoms with Crippen LogP contribution in [0.3, 0.4) is 0 Å². The molecule has 2 rings (SSSR count). The quantitative estimate of drug-likeness (QED) is 0.704. The summed E-state index contributed by atoms with van der Waals surface area (Å²) in [5.74, 6) is 0.0296. The predicted octanol–water partition coefficient (Wildman–Crippen LogP) is 0.841. The minimum absolute atomic E-state index is 0.0616. The predicted molar refractivity (Wildman–Crippen MR) is 82.1 cm³/mol. The van der Waals surface area contributed by atoms with Crippen molar-refractivity contribution in [1.29, 1.82) is 0 Å². The van der Waals surface area contributed by atoms with Gasteiger partial charge in [0.15, 0.2) is 0 Å². The lowest BCUT2D eigenvalue weighted by Gasteiger charge is -2.21. The number of aryl methyl sites for hydroxylation is 1. The van der Waals surface area contributed by atoms with Crippen LogP contribution < -0.4 is 16.0 Å². The zero-order chi connectivity index (χ0) is 15.1. The minimum atomic E-state index is -0.108. The van der Waals surface area contributed by atoms with Crippen molar-refractivity contribution in [2.24, 2.45) is 5.92 Å². The normalized spacial score (nSPS) is 18.0. The van der Waals surface area contributed by atoms with E-state index in [1.165, 1.54) is 0 Å². The van der Waals surface area contributed by atoms with Gasteiger partial charge in [-0.1, -0.05) is 17.7 Å². The fourth-order valence-corrected chi connectivity index (χ4v) is 2.39. The smallest absolute Gasteiger partial charge is 0.251 e. The molecule has 21 heavy (non-hydrogen) atoms. The third-order valence-electron chi connectivity index (χ3n) is 3.69. The number of benzene rings is 1. The van der Waals surface area contributed by atoms with E-state index in [0.29, 0.717) is 18.7 Å². The van der Waals surface area contributed by atoms with Crippen LogP contribution in [0, 0.1) is 12.8 Å². The van der Waals surface area contributed by atoms with Crippen molar-refractivity contribution < 1.29 is 9.59 Å². The third-order valence-corrected chi connectivity index (χ3v) is 3.69. The van der Waals surface area contributed by atoms with Gasteiger partial charge >= 0.3 is 0 Å². The second kappa shape index (κ2) is 7.78. The van der Waals surface area contributed by atoms with Crippen molar-refractivity contribution in [3.63, 3.8) is 0 Å². The van der Waals surface area contributed by atoms with Crippen LogP contribution in [0.25, 0.3) is 0 Å². The fraction of sp³-hybridized carbons (Fsp3) is 0.500. The summed E-state index contributed by atoms with van der Waals surface area (Å²) in [5.41, 5.74) is 1.77. The molecule has 0 aliphatic carbocycles. The van der Waals surface area contributed by atoms with Gasteiger partial charge in [0.1, 0.15) is 0 Å². The second-order valence-electron chi connectivity index (χ2n) is 5.46. The molecule has 0 bridgehead atoms. The molecule has 0 saturated carbocycles. The van der Waals surface area contributed by atoms with Gasteiger partial charge in [0, 0.05) is 25.2 Å². The average molecular weight is 289 g/mol. The summed E-state index contributed by atoms with van der Waals surface area (Å²) >= 11 is 0. The van der Waals surface area contributed by atoms with Crippen LogP contribution >= 0.6 is 0 Å². The Morgan fingerprint density at radius 2 is 1.90 bits per heavy atom. The Labute approximate surface area is 125 Å². The van der Waals surface area contributed by atoms with E-state index in [-0.39, 0.29) is 17.7 Å². The van der Waals surface area contributed by atoms with Crippen LogP contribution in [0.15, 0.2) is 24.3 Å². The molecule has 0 spiro atoms. The Bertz CT molecular complexity index is 479. The molecule has 1 aliphatic rings. The van der Waals surface area contributed by atoms with Gasteiger partial charge < -0.3 is 16.0 Å². The fourth-order valence-electron chi connectivity index (χ4n) is 2.39. The van der Waals surface area contributed by atoms with E-state index in [9.17, 15) is 9.59 Å². The summed E-state index contributed by atoms with van der Waals surface area (Å²) in [6.07, 6.45) is 1.98. The van der Waals surface area contributed by atoms with E-state index < -0.39 is 0 Å². The van der Waals surface area contributed by atoms with E-state index in [1.54, 1.807) is 12.1 Å². The summed E-state index contributed by atoms with van der Waals surface area (Å²) in [6.45, 7) is 4.64. The summed E-state index contributed by atoms with van der Waals surface area (Å²) in [5, 5.41) is 8.90. The van der Waals surface area contributed by atoms with Gasteiger partial charge in [0.05, 0.1) is 5.92 Å². The van der Waals surface area contributed by atoms with Gasteiger partial charge in [-0.15, -0.1) is 0 Å². The highest BCUT2D eigenvalue weighted by Crippen LogP contribution is 2.09. The van der Waals surface area contributed by atoms with Crippen molar-refractivity contribution in [2.45, 2.75) is 19.8 Å². The number of carbonyl (C=O) groups is 2. The molecule has 2 amide bonds. The van der Waals surface area contributed by atoms with E-state index >= 15 is 0 Å². The average Bonchev–Trinajstić information content (AvgIpc) is 2.52. The van der Waals surface area contributed by atoms with Crippen molar-refractivity contribution in [1.82, 2.24) is 16.0 Å². The van der Waals surface area contributed by atoms with Gasteiger partial charge in [-0.05, 0) is 38.4 Å². The van der Waals surface area contributed by atoms with Crippen LogP contribution in [-0.2, 0) is 4.79 Å². The molecule has 1 fully saturated rings. The molecular weight excluding hydrogens is 266 g/mol. The van der Waals surface area contributed by atoms with Crippen LogP contribution in [-0.4, -0.2) is 38.0 Å². The number of hydrogen-bond acceptors (Lipinski definition) is 3. The maximum absolute atomic E-state index is 11.9. The van der Waals surface area contributed by atoms with Gasteiger partial charge in [0.2, 0.25) is 5.91 Å². The number of carbonyl (C=O) groups excluding carboxylic acids is 2. The summed E-state index contributed by atoms with van der Waals surface area (Å²) in [6, 6.07) is 7.42. The molecule has 0 radical (unpaired) electrons. The molecule has 3 N–H and O–H groups in total. The van der Waals surface area contributed by atoms with Crippen LogP contribution in [0.2, 0.25) is 0 Å². The lowest BCUT2D eigenvalue weighted by Crippen LogP contribution is -2.42. The topological polar surface area (TPSA) is 70.2 Å². The lowest BCUT2D eigenvalue weighted by atomic mass is 9.99. The van der Waals surface area contributed by atoms with E-state index in [2.05, 4.69) is 16.0 Å². The third kappa shape index (κ3) is 4.86. The SMILES string of the molecule is Cc1ccc(C(=O)NCCNC(=O)C2CCCNC2)cc1. The first-order valence-corrected chi connectivity index (χ1v) is 7.50. The molecule has 1 aromatic carbocycles. The number of nitrogens with one attached hydrogen (secondary N) is 3. The standard InChI is InChI=1S/C16H23N3O2/c1-12-4-6-13(7-5-12)15(20)18-9-10-19-16(21)14-3-2-8-17-11-14/h4-7,14,17H,2-3,8-11H2,1H3,(H,18,20)(H,19,21). The molecule has 1 unspecified atom stereocenters. The Balaban J connectivity index is 1.66. The second-order valence-corrected chi connectivity index (χ2v) is 5.46. The van der Waals surface area contributed by atoms with Crippen molar-refractivity contribution >= 4 is 11.8 Å². The Kier molecular flexibility index (Phi) is 5.75. The van der Waals surface area contributed by atoms with Crippen LogP contribution in [0.4, 0.5) is 0 Å². The zero-order valence-corrected chi connectivity index (χ0v) is 12.4. The highest BCUT2D eigenvalue weighted by atomic mass is 16.2. The van der Waals surface area contributed by atoms with E-state index in [0.717, 1.165) is 31.5 Å². The van der Waals surface area contributed by atoms with Gasteiger partial charge in [-0.3, -0.25) is 9.59 Å². The molecular formula is C16H23N3O2. The summed E-state index contributed by atoms with van der Waals surface area (Å²) in [4.78, 5) is 23.8. The number of rotatable bonds is 5. The van der Waals surface area contributed by atoms with E-state index in [4.69, 9.17) is 0 Å². The van der Waals surface area contributed by atoms with Crippen molar-refractivity contribution in [2.75, 3.05) is 26.2 Å². The minimum Gasteiger partial charge on any atom is -0.354 e. The molecule has 1 aliphatic heterocycles. The number of amides is 2. The molecule has 114 valence electrons. The molecule has 1 heterocycles. The first-order valence-electron chi connectivity index (χ1n) is 7.50. The largest absolute Gasteiger partial charge is 0.354 e. The highest BCUT2D eigenvalue weighted by Gasteiger charge is 2.20. The maximum Gasteiger partial charge on any atom is 0.251 e. The molecule has 0 aromatic heterocycles. The molecule has 1 saturated heterocycles. The first kappa shape index (κ1) is 15.5. The van der Waals surface area contributed by atoms with E-state index in [1.807, 2.05) is 19.1 Å². The molecule has 1 aromatic rings. The lowest BCUT2D eigenvalue weighted by molar-refractivity contribution is -0.125. The van der Waals surface area contributed by atoms with Crippen LogP contribution in [0.5, 0.6) is 0 Å². The maximum atomic E-state index is 11.9. The van der Waals surface area contributed by atoms with Gasteiger partial charge in [0.25, 0.3) is 5.91 Å². The molecule has 1 atom stereocenters. The summed E-state index contributed by atoms with van der Waals surface area (Å²) < 4.78 is 0. The number of hydrogen-bond donors (Lipinski definition) is 3. The monoisotopic (exact) mass is 289 g/mol. The first-order chi connectivity index (χ1) is 10.2. The molecule has 5 nitrogen and oxygen atoms in total. The van der Waals surface area contributed by atoms with Crippen LogP contribution in [0.1, 0.15) is 28.8 Å². The Hall–Kier alpha value is -1.88. The molecule has 5 heteroatoms. The Morgan fingerprint density at radius 3 is 2.57 bits per heavy atom. The number of piperidine rings is 1. The van der Waals surface area contributed by atoms with Crippen molar-refractivity contribution in [3.05, 3.63) is 35.4 Å². The zero-order valence-electron chi connectivity index (χ0n) is 12.4. The Morgan fingerprint density at radius 1 is 1.19 bits per heavy atom. The summed E-state index contributed by atoms with van der Waals surface area (Å²) in [7, 11) is 0. The highest BCUT2D eigenvalue weighted by molar-refractivity contribution is 5.94.